The fourth-order valence-corrected chi connectivity index (χ4v) is 1.08. The molecule has 2 aromatic rings. The van der Waals surface area contributed by atoms with Crippen molar-refractivity contribution in [2.45, 2.75) is 0 Å². The molecule has 0 amide bonds. The summed E-state index contributed by atoms with van der Waals surface area (Å²) in [6.45, 7) is 0. The summed E-state index contributed by atoms with van der Waals surface area (Å²) < 4.78 is 0.975. The Morgan fingerprint density at radius 1 is 1.31 bits per heavy atom. The maximum Gasteiger partial charge on any atom is 0.279 e. The standard InChI is InChI=1S/C8H7N3O.ClH/c9-11-5-10-7-4-2-1-3-6(7)8(11)12;/h1-5H,9H2;1H. The van der Waals surface area contributed by atoms with Crippen molar-refractivity contribution in [2.75, 3.05) is 5.84 Å². The van der Waals surface area contributed by atoms with Crippen molar-refractivity contribution in [2.24, 2.45) is 0 Å². The molecule has 1 heterocycles. The number of hydrogen-bond donors (Lipinski definition) is 1. The highest BCUT2D eigenvalue weighted by Crippen LogP contribution is 2.02. The van der Waals surface area contributed by atoms with Crippen LogP contribution in [0.15, 0.2) is 35.4 Å². The molecule has 1 aromatic carbocycles. The van der Waals surface area contributed by atoms with Crippen LogP contribution in [0.25, 0.3) is 10.9 Å². The van der Waals surface area contributed by atoms with Gasteiger partial charge in [0.1, 0.15) is 6.33 Å². The van der Waals surface area contributed by atoms with E-state index in [-0.39, 0.29) is 18.0 Å². The average molecular weight is 198 g/mol. The molecule has 0 radical (unpaired) electrons. The molecule has 0 bridgehead atoms. The van der Waals surface area contributed by atoms with Crippen molar-refractivity contribution in [3.63, 3.8) is 0 Å². The van der Waals surface area contributed by atoms with Gasteiger partial charge in [-0.25, -0.2) is 9.66 Å². The van der Waals surface area contributed by atoms with E-state index in [1.165, 1.54) is 6.33 Å². The maximum atomic E-state index is 11.3. The zero-order valence-electron chi connectivity index (χ0n) is 6.68. The van der Waals surface area contributed by atoms with Gasteiger partial charge in [-0.05, 0) is 12.1 Å². The third kappa shape index (κ3) is 1.48. The topological polar surface area (TPSA) is 60.9 Å². The molecule has 0 spiro atoms. The van der Waals surface area contributed by atoms with Crippen molar-refractivity contribution in [1.82, 2.24) is 9.66 Å². The lowest BCUT2D eigenvalue weighted by atomic mass is 10.2. The van der Waals surface area contributed by atoms with Gasteiger partial charge in [-0.1, -0.05) is 12.1 Å². The molecule has 0 saturated carbocycles. The molecule has 5 heteroatoms. The molecule has 0 aliphatic heterocycles. The van der Waals surface area contributed by atoms with Gasteiger partial charge in [0.05, 0.1) is 10.9 Å². The minimum absolute atomic E-state index is 0. The van der Waals surface area contributed by atoms with Crippen LogP contribution in [-0.2, 0) is 0 Å². The molecule has 4 nitrogen and oxygen atoms in total. The van der Waals surface area contributed by atoms with Gasteiger partial charge < -0.3 is 5.84 Å². The molecule has 0 fully saturated rings. The Bertz CT molecular complexity index is 480. The first-order valence-electron chi connectivity index (χ1n) is 3.50. The van der Waals surface area contributed by atoms with Crippen molar-refractivity contribution < 1.29 is 0 Å². The molecule has 68 valence electrons. The van der Waals surface area contributed by atoms with Crippen LogP contribution in [0.4, 0.5) is 0 Å². The Hall–Kier alpha value is -1.55. The molecule has 13 heavy (non-hydrogen) atoms. The predicted octanol–water partition coefficient (Wildman–Crippen LogP) is 0.532. The second kappa shape index (κ2) is 3.45. The number of rotatable bonds is 0. The van der Waals surface area contributed by atoms with Crippen LogP contribution in [0.2, 0.25) is 0 Å². The molecule has 0 atom stereocenters. The summed E-state index contributed by atoms with van der Waals surface area (Å²) in [5.74, 6) is 5.33. The smallest absolute Gasteiger partial charge is 0.279 e. The van der Waals surface area contributed by atoms with Gasteiger partial charge in [0.25, 0.3) is 5.56 Å². The third-order valence-electron chi connectivity index (χ3n) is 1.69. The Morgan fingerprint density at radius 2 is 2.00 bits per heavy atom. The summed E-state index contributed by atoms with van der Waals surface area (Å²) in [7, 11) is 0. The van der Waals surface area contributed by atoms with E-state index in [0.717, 1.165) is 4.68 Å². The molecule has 2 rings (SSSR count). The first kappa shape index (κ1) is 9.54. The molecular formula is C8H8ClN3O. The predicted molar refractivity (Wildman–Crippen MR) is 53.4 cm³/mol. The van der Waals surface area contributed by atoms with E-state index in [9.17, 15) is 4.79 Å². The Balaban J connectivity index is 0.000000845. The minimum atomic E-state index is -0.222. The second-order valence-corrected chi connectivity index (χ2v) is 2.47. The lowest BCUT2D eigenvalue weighted by Crippen LogP contribution is -2.26. The first-order valence-corrected chi connectivity index (χ1v) is 3.50. The fourth-order valence-electron chi connectivity index (χ4n) is 1.08. The normalized spacial score (nSPS) is 9.54. The lowest BCUT2D eigenvalue weighted by Gasteiger charge is -1.97. The number of hydrogen-bond acceptors (Lipinski definition) is 3. The monoisotopic (exact) mass is 197 g/mol. The number of halogens is 1. The average Bonchev–Trinajstić information content (AvgIpc) is 2.12. The summed E-state index contributed by atoms with van der Waals surface area (Å²) in [4.78, 5) is 15.3. The molecular weight excluding hydrogens is 190 g/mol. The van der Waals surface area contributed by atoms with Crippen molar-refractivity contribution >= 4 is 23.3 Å². The number of nitrogens with two attached hydrogens (primary N) is 1. The van der Waals surface area contributed by atoms with E-state index < -0.39 is 0 Å². The third-order valence-corrected chi connectivity index (χ3v) is 1.69. The van der Waals surface area contributed by atoms with Crippen LogP contribution < -0.4 is 11.4 Å². The molecule has 0 aliphatic rings. The summed E-state index contributed by atoms with van der Waals surface area (Å²) in [5, 5.41) is 0.544. The van der Waals surface area contributed by atoms with Gasteiger partial charge in [-0.15, -0.1) is 12.4 Å². The Kier molecular flexibility index (Phi) is 2.53. The van der Waals surface area contributed by atoms with E-state index in [0.29, 0.717) is 10.9 Å². The summed E-state index contributed by atoms with van der Waals surface area (Å²) in [6, 6.07) is 7.09. The van der Waals surface area contributed by atoms with Crippen LogP contribution in [0.3, 0.4) is 0 Å². The SMILES string of the molecule is Cl.Nn1cnc2ccccc2c1=O. The largest absolute Gasteiger partial charge is 0.335 e. The highest BCUT2D eigenvalue weighted by atomic mass is 35.5. The number of benzene rings is 1. The first-order chi connectivity index (χ1) is 5.79. The maximum absolute atomic E-state index is 11.3. The molecule has 1 aromatic heterocycles. The number of nitrogens with zero attached hydrogens (tertiary/aromatic N) is 2. The van der Waals surface area contributed by atoms with E-state index in [2.05, 4.69) is 4.98 Å². The number of aromatic nitrogens is 2. The van der Waals surface area contributed by atoms with E-state index in [4.69, 9.17) is 5.84 Å². The van der Waals surface area contributed by atoms with Gasteiger partial charge in [-0.3, -0.25) is 4.79 Å². The fraction of sp³-hybridized carbons (Fsp3) is 0. The molecule has 2 N–H and O–H groups in total. The number of nitrogen functional groups attached to an aromatic ring is 1. The zero-order valence-corrected chi connectivity index (χ0v) is 7.49. The van der Waals surface area contributed by atoms with Crippen molar-refractivity contribution in [3.05, 3.63) is 40.9 Å². The second-order valence-electron chi connectivity index (χ2n) is 2.47. The lowest BCUT2D eigenvalue weighted by molar-refractivity contribution is 0.914. The van der Waals surface area contributed by atoms with E-state index in [1.807, 2.05) is 6.07 Å². The molecule has 0 saturated heterocycles. The number of fused-ring (bicyclic) bond motifs is 1. The molecule has 0 unspecified atom stereocenters. The highest BCUT2D eigenvalue weighted by Gasteiger charge is 1.98. The summed E-state index contributed by atoms with van der Waals surface area (Å²) >= 11 is 0. The summed E-state index contributed by atoms with van der Waals surface area (Å²) in [5.41, 5.74) is 0.449. The zero-order chi connectivity index (χ0) is 8.55. The molecule has 0 aliphatic carbocycles. The van der Waals surface area contributed by atoms with Gasteiger partial charge in [0, 0.05) is 0 Å². The van der Waals surface area contributed by atoms with Crippen LogP contribution in [0.1, 0.15) is 0 Å². The van der Waals surface area contributed by atoms with E-state index >= 15 is 0 Å². The minimum Gasteiger partial charge on any atom is -0.335 e. The Morgan fingerprint density at radius 3 is 2.77 bits per heavy atom. The summed E-state index contributed by atoms with van der Waals surface area (Å²) in [6.07, 6.45) is 1.31. The highest BCUT2D eigenvalue weighted by molar-refractivity contribution is 5.85. The van der Waals surface area contributed by atoms with Gasteiger partial charge >= 0.3 is 0 Å². The van der Waals surface area contributed by atoms with Crippen LogP contribution in [0.5, 0.6) is 0 Å². The van der Waals surface area contributed by atoms with Crippen LogP contribution in [-0.4, -0.2) is 9.66 Å². The van der Waals surface area contributed by atoms with Gasteiger partial charge in [0.2, 0.25) is 0 Å². The van der Waals surface area contributed by atoms with Crippen LogP contribution >= 0.6 is 12.4 Å². The van der Waals surface area contributed by atoms with Gasteiger partial charge in [0.15, 0.2) is 0 Å². The van der Waals surface area contributed by atoms with Crippen LogP contribution in [0, 0.1) is 0 Å². The van der Waals surface area contributed by atoms with Crippen molar-refractivity contribution in [3.8, 4) is 0 Å². The Labute approximate surface area is 80.4 Å². The van der Waals surface area contributed by atoms with Crippen molar-refractivity contribution in [1.29, 1.82) is 0 Å². The number of para-hydroxylation sites is 1. The van der Waals surface area contributed by atoms with E-state index in [1.54, 1.807) is 18.2 Å². The van der Waals surface area contributed by atoms with Gasteiger partial charge in [-0.2, -0.15) is 0 Å². The quantitative estimate of drug-likeness (QED) is 0.627.